The monoisotopic (exact) mass is 275 g/mol. The minimum atomic E-state index is -0.318. The van der Waals surface area contributed by atoms with Gasteiger partial charge in [-0.15, -0.1) is 12.4 Å². The van der Waals surface area contributed by atoms with Crippen LogP contribution in [0.2, 0.25) is 0 Å². The van der Waals surface area contributed by atoms with E-state index >= 15 is 0 Å². The number of carbonyl (C=O) groups is 2. The molecule has 2 aliphatic heterocycles. The number of nitrogens with one attached hydrogen (secondary N) is 2. The maximum Gasteiger partial charge on any atom is 0.242 e. The number of piperazine rings is 1. The minimum Gasteiger partial charge on any atom is -0.353 e. The number of halogens is 1. The molecule has 2 heterocycles. The Morgan fingerprint density at radius 2 is 2.06 bits per heavy atom. The van der Waals surface area contributed by atoms with E-state index in [4.69, 9.17) is 0 Å². The first-order chi connectivity index (χ1) is 8.09. The van der Waals surface area contributed by atoms with Crippen LogP contribution in [0.3, 0.4) is 0 Å². The van der Waals surface area contributed by atoms with Gasteiger partial charge in [0.05, 0.1) is 0 Å². The molecule has 1 unspecified atom stereocenters. The van der Waals surface area contributed by atoms with Gasteiger partial charge in [0, 0.05) is 25.0 Å². The van der Waals surface area contributed by atoms with E-state index < -0.39 is 0 Å². The summed E-state index contributed by atoms with van der Waals surface area (Å²) < 4.78 is 0. The van der Waals surface area contributed by atoms with Gasteiger partial charge in [-0.25, -0.2) is 0 Å². The van der Waals surface area contributed by atoms with Crippen molar-refractivity contribution in [2.45, 2.75) is 38.8 Å². The molecule has 2 N–H and O–H groups in total. The molecule has 0 aromatic heterocycles. The molecule has 18 heavy (non-hydrogen) atoms. The fraction of sp³-hybridized carbons (Fsp3) is 0.833. The van der Waals surface area contributed by atoms with Crippen molar-refractivity contribution >= 4 is 24.2 Å². The average Bonchev–Trinajstić information content (AvgIpc) is 2.32. The predicted octanol–water partition coefficient (Wildman–Crippen LogP) is 0.143. The van der Waals surface area contributed by atoms with Gasteiger partial charge in [0.25, 0.3) is 0 Å². The first kappa shape index (κ1) is 15.2. The van der Waals surface area contributed by atoms with Crippen LogP contribution in [0, 0.1) is 5.92 Å². The van der Waals surface area contributed by atoms with E-state index in [2.05, 4.69) is 17.6 Å². The van der Waals surface area contributed by atoms with Crippen molar-refractivity contribution in [3.05, 3.63) is 0 Å². The molecule has 2 aliphatic rings. The molecule has 0 bridgehead atoms. The highest BCUT2D eigenvalue weighted by Crippen LogP contribution is 2.20. The third-order valence-corrected chi connectivity index (χ3v) is 3.75. The molecule has 2 amide bonds. The average molecular weight is 276 g/mol. The van der Waals surface area contributed by atoms with Gasteiger partial charge < -0.3 is 15.5 Å². The van der Waals surface area contributed by atoms with E-state index in [9.17, 15) is 9.59 Å². The molecule has 2 fully saturated rings. The maximum atomic E-state index is 12.4. The SMILES string of the molecule is CC1C(=O)NCCN1C(=O)[C@H]1CCN[C@@H](C)C1.Cl. The standard InChI is InChI=1S/C12H21N3O2.ClH/c1-8-7-10(3-4-13-8)12(17)15-6-5-14-11(16)9(15)2;/h8-10,13H,3-7H2,1-2H3,(H,14,16);1H/t8-,9?,10-;/m0./s1. The number of rotatable bonds is 1. The number of amides is 2. The van der Waals surface area contributed by atoms with Crippen molar-refractivity contribution in [3.8, 4) is 0 Å². The molecule has 2 rings (SSSR count). The molecule has 0 aromatic carbocycles. The lowest BCUT2D eigenvalue weighted by atomic mass is 9.91. The van der Waals surface area contributed by atoms with Crippen LogP contribution in [0.15, 0.2) is 0 Å². The topological polar surface area (TPSA) is 61.4 Å². The quantitative estimate of drug-likeness (QED) is 0.716. The summed E-state index contributed by atoms with van der Waals surface area (Å²) in [5.41, 5.74) is 0. The molecule has 6 heteroatoms. The Morgan fingerprint density at radius 3 is 2.72 bits per heavy atom. The summed E-state index contributed by atoms with van der Waals surface area (Å²) in [6.45, 7) is 6.02. The van der Waals surface area contributed by atoms with Crippen LogP contribution < -0.4 is 10.6 Å². The fourth-order valence-corrected chi connectivity index (χ4v) is 2.67. The second-order valence-corrected chi connectivity index (χ2v) is 5.08. The second-order valence-electron chi connectivity index (χ2n) is 5.08. The Kier molecular flexibility index (Phi) is 5.41. The molecule has 104 valence electrons. The Morgan fingerprint density at radius 1 is 1.33 bits per heavy atom. The van der Waals surface area contributed by atoms with Crippen LogP contribution in [0.5, 0.6) is 0 Å². The van der Waals surface area contributed by atoms with Crippen LogP contribution in [-0.2, 0) is 9.59 Å². The second kappa shape index (κ2) is 6.38. The fourth-order valence-electron chi connectivity index (χ4n) is 2.67. The highest BCUT2D eigenvalue weighted by molar-refractivity contribution is 5.89. The zero-order chi connectivity index (χ0) is 12.4. The van der Waals surface area contributed by atoms with Crippen molar-refractivity contribution in [1.82, 2.24) is 15.5 Å². The molecule has 0 radical (unpaired) electrons. The zero-order valence-electron chi connectivity index (χ0n) is 10.9. The summed E-state index contributed by atoms with van der Waals surface area (Å²) in [5, 5.41) is 6.12. The summed E-state index contributed by atoms with van der Waals surface area (Å²) in [5.74, 6) is 0.201. The number of nitrogens with zero attached hydrogens (tertiary/aromatic N) is 1. The predicted molar refractivity (Wildman–Crippen MR) is 71.6 cm³/mol. The molecule has 0 aromatic rings. The Labute approximate surface area is 114 Å². The highest BCUT2D eigenvalue weighted by Gasteiger charge is 2.34. The van der Waals surface area contributed by atoms with Gasteiger partial charge in [0.15, 0.2) is 0 Å². The number of hydrogen-bond donors (Lipinski definition) is 2. The summed E-state index contributed by atoms with van der Waals surface area (Å²) in [7, 11) is 0. The lowest BCUT2D eigenvalue weighted by molar-refractivity contribution is -0.146. The van der Waals surface area contributed by atoms with Gasteiger partial charge in [-0.05, 0) is 33.2 Å². The van der Waals surface area contributed by atoms with Gasteiger partial charge in [-0.2, -0.15) is 0 Å². The Hall–Kier alpha value is -0.810. The Bertz CT molecular complexity index is 324. The van der Waals surface area contributed by atoms with Crippen molar-refractivity contribution in [1.29, 1.82) is 0 Å². The van der Waals surface area contributed by atoms with Crippen molar-refractivity contribution < 1.29 is 9.59 Å². The van der Waals surface area contributed by atoms with Gasteiger partial charge in [0.2, 0.25) is 11.8 Å². The summed E-state index contributed by atoms with van der Waals surface area (Å²) >= 11 is 0. The molecular formula is C12H22ClN3O2. The molecule has 3 atom stereocenters. The smallest absolute Gasteiger partial charge is 0.242 e. The number of piperidine rings is 1. The van der Waals surface area contributed by atoms with Crippen LogP contribution in [0.25, 0.3) is 0 Å². The first-order valence-corrected chi connectivity index (χ1v) is 6.41. The molecule has 2 saturated heterocycles. The van der Waals surface area contributed by atoms with Crippen molar-refractivity contribution in [2.75, 3.05) is 19.6 Å². The number of hydrogen-bond acceptors (Lipinski definition) is 3. The van der Waals surface area contributed by atoms with Gasteiger partial charge in [-0.1, -0.05) is 0 Å². The van der Waals surface area contributed by atoms with Gasteiger partial charge in [-0.3, -0.25) is 9.59 Å². The number of carbonyl (C=O) groups excluding carboxylic acids is 2. The maximum absolute atomic E-state index is 12.4. The molecule has 0 saturated carbocycles. The highest BCUT2D eigenvalue weighted by atomic mass is 35.5. The van der Waals surface area contributed by atoms with Gasteiger partial charge >= 0.3 is 0 Å². The van der Waals surface area contributed by atoms with Crippen LogP contribution in [-0.4, -0.2) is 48.4 Å². The first-order valence-electron chi connectivity index (χ1n) is 6.41. The molecule has 0 spiro atoms. The van der Waals surface area contributed by atoms with E-state index in [0.29, 0.717) is 19.1 Å². The third kappa shape index (κ3) is 3.14. The van der Waals surface area contributed by atoms with E-state index in [1.54, 1.807) is 11.8 Å². The largest absolute Gasteiger partial charge is 0.353 e. The summed E-state index contributed by atoms with van der Waals surface area (Å²) in [6.07, 6.45) is 1.76. The summed E-state index contributed by atoms with van der Waals surface area (Å²) in [6, 6.07) is 0.0769. The Balaban J connectivity index is 0.00000162. The van der Waals surface area contributed by atoms with E-state index in [1.165, 1.54) is 0 Å². The van der Waals surface area contributed by atoms with Crippen molar-refractivity contribution in [3.63, 3.8) is 0 Å². The summed E-state index contributed by atoms with van der Waals surface area (Å²) in [4.78, 5) is 25.6. The van der Waals surface area contributed by atoms with Crippen molar-refractivity contribution in [2.24, 2.45) is 5.92 Å². The van der Waals surface area contributed by atoms with Crippen LogP contribution >= 0.6 is 12.4 Å². The molecule has 5 nitrogen and oxygen atoms in total. The van der Waals surface area contributed by atoms with E-state index in [0.717, 1.165) is 19.4 Å². The third-order valence-electron chi connectivity index (χ3n) is 3.75. The van der Waals surface area contributed by atoms with E-state index in [1.807, 2.05) is 0 Å². The lowest BCUT2D eigenvalue weighted by Gasteiger charge is -2.37. The van der Waals surface area contributed by atoms with Gasteiger partial charge in [0.1, 0.15) is 6.04 Å². The minimum absolute atomic E-state index is 0. The zero-order valence-corrected chi connectivity index (χ0v) is 11.8. The van der Waals surface area contributed by atoms with Crippen LogP contribution in [0.1, 0.15) is 26.7 Å². The molecular weight excluding hydrogens is 254 g/mol. The van der Waals surface area contributed by atoms with Crippen LogP contribution in [0.4, 0.5) is 0 Å². The van der Waals surface area contributed by atoms with E-state index in [-0.39, 0.29) is 36.2 Å². The normalized spacial score (nSPS) is 32.4. The molecule has 0 aliphatic carbocycles. The lowest BCUT2D eigenvalue weighted by Crippen LogP contribution is -2.58.